The Morgan fingerprint density at radius 1 is 1.30 bits per heavy atom. The predicted octanol–water partition coefficient (Wildman–Crippen LogP) is 1.42. The molecular weight excluding hydrogens is 350 g/mol. The van der Waals surface area contributed by atoms with Gasteiger partial charge in [0, 0.05) is 12.6 Å². The third-order valence-electron chi connectivity index (χ3n) is 2.20. The lowest BCUT2D eigenvalue weighted by Crippen LogP contribution is -2.13. The van der Waals surface area contributed by atoms with Crippen molar-refractivity contribution >= 4 is 46.4 Å². The van der Waals surface area contributed by atoms with Crippen LogP contribution in [0.15, 0.2) is 34.3 Å². The maximum Gasteiger partial charge on any atom is 0.332 e. The molecule has 0 radical (unpaired) electrons. The zero-order chi connectivity index (χ0) is 13.3. The fourth-order valence-electron chi connectivity index (χ4n) is 1.34. The SMILES string of the molecule is Cl.Cl.Cn1nc(-c2ccc(S(=O)(=O)F)cc2)s/c1=N/N. The van der Waals surface area contributed by atoms with Gasteiger partial charge in [-0.2, -0.15) is 18.6 Å². The van der Waals surface area contributed by atoms with E-state index in [0.717, 1.165) is 0 Å². The number of nitrogens with zero attached hydrogens (tertiary/aromatic N) is 3. The van der Waals surface area contributed by atoms with Crippen molar-refractivity contribution in [3.63, 3.8) is 0 Å². The van der Waals surface area contributed by atoms with E-state index in [9.17, 15) is 12.3 Å². The number of nitrogens with two attached hydrogens (primary N) is 1. The minimum atomic E-state index is -4.67. The van der Waals surface area contributed by atoms with Crippen LogP contribution in [0.2, 0.25) is 0 Å². The molecule has 0 amide bonds. The van der Waals surface area contributed by atoms with Gasteiger partial charge in [-0.15, -0.1) is 28.7 Å². The average Bonchev–Trinajstić information content (AvgIpc) is 2.69. The van der Waals surface area contributed by atoms with Gasteiger partial charge in [0.1, 0.15) is 5.01 Å². The van der Waals surface area contributed by atoms with E-state index >= 15 is 0 Å². The molecule has 0 atom stereocenters. The summed E-state index contributed by atoms with van der Waals surface area (Å²) in [5.74, 6) is 5.17. The van der Waals surface area contributed by atoms with Gasteiger partial charge < -0.3 is 5.84 Å². The van der Waals surface area contributed by atoms with Crippen molar-refractivity contribution in [2.24, 2.45) is 18.0 Å². The van der Waals surface area contributed by atoms with E-state index < -0.39 is 10.2 Å². The quantitative estimate of drug-likeness (QED) is 0.498. The number of aryl methyl sites for hydroxylation is 1. The Kier molecular flexibility index (Phi) is 6.62. The summed E-state index contributed by atoms with van der Waals surface area (Å²) >= 11 is 1.24. The summed E-state index contributed by atoms with van der Waals surface area (Å²) in [5.41, 5.74) is 0.665. The summed E-state index contributed by atoms with van der Waals surface area (Å²) in [7, 11) is -2.98. The lowest BCUT2D eigenvalue weighted by atomic mass is 10.2. The molecule has 2 aromatic rings. The topological polar surface area (TPSA) is 90.3 Å². The fraction of sp³-hybridized carbons (Fsp3) is 0.111. The van der Waals surface area contributed by atoms with E-state index in [2.05, 4.69) is 10.2 Å². The van der Waals surface area contributed by atoms with Gasteiger partial charge in [0.15, 0.2) is 0 Å². The predicted molar refractivity (Wildman–Crippen MR) is 79.1 cm³/mol. The Labute approximate surface area is 131 Å². The van der Waals surface area contributed by atoms with Crippen LogP contribution in [0.25, 0.3) is 10.6 Å². The monoisotopic (exact) mass is 360 g/mol. The molecular formula is C9H11Cl2FN4O2S2. The van der Waals surface area contributed by atoms with E-state index in [1.54, 1.807) is 7.05 Å². The lowest BCUT2D eigenvalue weighted by molar-refractivity contribution is 0.552. The van der Waals surface area contributed by atoms with Crippen LogP contribution < -0.4 is 10.6 Å². The number of aromatic nitrogens is 2. The van der Waals surface area contributed by atoms with Gasteiger partial charge in [-0.05, 0) is 12.1 Å². The molecule has 0 unspecified atom stereocenters. The lowest BCUT2D eigenvalue weighted by Gasteiger charge is -1.97. The minimum Gasteiger partial charge on any atom is -0.320 e. The van der Waals surface area contributed by atoms with Gasteiger partial charge in [0.2, 0.25) is 4.80 Å². The van der Waals surface area contributed by atoms with Crippen molar-refractivity contribution in [1.29, 1.82) is 0 Å². The zero-order valence-electron chi connectivity index (χ0n) is 10.1. The van der Waals surface area contributed by atoms with Crippen LogP contribution in [0.5, 0.6) is 0 Å². The fourth-order valence-corrected chi connectivity index (χ4v) is 2.62. The van der Waals surface area contributed by atoms with Crippen molar-refractivity contribution < 1.29 is 12.3 Å². The van der Waals surface area contributed by atoms with Crippen LogP contribution in [-0.4, -0.2) is 18.2 Å². The van der Waals surface area contributed by atoms with E-state index in [1.165, 1.54) is 40.3 Å². The highest BCUT2D eigenvalue weighted by atomic mass is 35.5. The number of hydrogen-bond donors (Lipinski definition) is 1. The second-order valence-electron chi connectivity index (χ2n) is 3.40. The zero-order valence-corrected chi connectivity index (χ0v) is 13.3. The molecule has 0 saturated carbocycles. The number of hydrogen-bond acceptors (Lipinski definition) is 6. The molecule has 0 bridgehead atoms. The Morgan fingerprint density at radius 3 is 2.25 bits per heavy atom. The maximum atomic E-state index is 12.7. The molecule has 1 heterocycles. The Morgan fingerprint density at radius 2 is 1.85 bits per heavy atom. The second kappa shape index (κ2) is 7.02. The molecule has 1 aromatic carbocycles. The number of halogens is 3. The highest BCUT2D eigenvalue weighted by Gasteiger charge is 2.12. The summed E-state index contributed by atoms with van der Waals surface area (Å²) in [6.07, 6.45) is 0. The number of rotatable bonds is 2. The molecule has 0 aliphatic heterocycles. The third kappa shape index (κ3) is 3.92. The van der Waals surface area contributed by atoms with Crippen molar-refractivity contribution in [2.45, 2.75) is 4.90 Å². The first-order chi connectivity index (χ1) is 8.41. The van der Waals surface area contributed by atoms with Crippen molar-refractivity contribution in [3.05, 3.63) is 29.1 Å². The molecule has 0 fully saturated rings. The molecule has 11 heteroatoms. The van der Waals surface area contributed by atoms with Crippen molar-refractivity contribution in [1.82, 2.24) is 9.78 Å². The highest BCUT2D eigenvalue weighted by Crippen LogP contribution is 2.21. The van der Waals surface area contributed by atoms with Gasteiger partial charge in [0.25, 0.3) is 0 Å². The molecule has 2 N–H and O–H groups in total. The van der Waals surface area contributed by atoms with E-state index in [4.69, 9.17) is 5.84 Å². The van der Waals surface area contributed by atoms with Crippen LogP contribution in [0, 0.1) is 0 Å². The summed E-state index contributed by atoms with van der Waals surface area (Å²) in [6.45, 7) is 0. The van der Waals surface area contributed by atoms with Gasteiger partial charge in [-0.3, -0.25) is 0 Å². The minimum absolute atomic E-state index is 0. The highest BCUT2D eigenvalue weighted by molar-refractivity contribution is 7.86. The van der Waals surface area contributed by atoms with Gasteiger partial charge in [-0.25, -0.2) is 4.68 Å². The van der Waals surface area contributed by atoms with E-state index in [1.807, 2.05) is 0 Å². The molecule has 2 rings (SSSR count). The summed E-state index contributed by atoms with van der Waals surface area (Å²) in [4.78, 5) is 0.142. The Balaban J connectivity index is 0.00000180. The van der Waals surface area contributed by atoms with Crippen molar-refractivity contribution in [2.75, 3.05) is 0 Å². The largest absolute Gasteiger partial charge is 0.332 e. The Bertz CT molecular complexity index is 740. The third-order valence-corrected chi connectivity index (χ3v) is 4.10. The van der Waals surface area contributed by atoms with Crippen LogP contribution in [0.3, 0.4) is 0 Å². The molecule has 6 nitrogen and oxygen atoms in total. The van der Waals surface area contributed by atoms with Crippen LogP contribution >= 0.6 is 36.2 Å². The summed E-state index contributed by atoms with van der Waals surface area (Å²) < 4.78 is 35.5. The standard InChI is InChI=1S/C9H9FN4O2S2.2ClH/c1-14-9(12-11)17-8(13-14)6-2-4-7(5-3-6)18(10,15)16;;/h2-5H,11H2,1H3;2*1H/b12-9+;;. The van der Waals surface area contributed by atoms with E-state index in [-0.39, 0.29) is 29.7 Å². The molecule has 0 saturated heterocycles. The molecule has 20 heavy (non-hydrogen) atoms. The first-order valence-electron chi connectivity index (χ1n) is 4.75. The van der Waals surface area contributed by atoms with E-state index in [0.29, 0.717) is 15.4 Å². The van der Waals surface area contributed by atoms with Gasteiger partial charge in [-0.1, -0.05) is 23.5 Å². The summed E-state index contributed by atoms with van der Waals surface area (Å²) in [6, 6.07) is 5.33. The first-order valence-corrected chi connectivity index (χ1v) is 6.95. The smallest absolute Gasteiger partial charge is 0.320 e. The molecule has 0 aliphatic rings. The molecule has 112 valence electrons. The van der Waals surface area contributed by atoms with Gasteiger partial charge >= 0.3 is 10.2 Å². The van der Waals surface area contributed by atoms with Crippen molar-refractivity contribution in [3.8, 4) is 10.6 Å². The van der Waals surface area contributed by atoms with Crippen LogP contribution in [0.4, 0.5) is 3.89 Å². The van der Waals surface area contributed by atoms with Crippen LogP contribution in [0.1, 0.15) is 0 Å². The first kappa shape index (κ1) is 18.8. The second-order valence-corrected chi connectivity index (χ2v) is 5.71. The molecule has 1 aromatic heterocycles. The van der Waals surface area contributed by atoms with Crippen LogP contribution in [-0.2, 0) is 17.3 Å². The van der Waals surface area contributed by atoms with Gasteiger partial charge in [0.05, 0.1) is 4.90 Å². The molecule has 0 aliphatic carbocycles. The average molecular weight is 361 g/mol. The molecule has 0 spiro atoms. The normalized spacial score (nSPS) is 11.6. The Hall–Kier alpha value is -1.16. The maximum absolute atomic E-state index is 12.7. The summed E-state index contributed by atoms with van der Waals surface area (Å²) in [5, 5.41) is 8.31. The number of benzene rings is 1.